The van der Waals surface area contributed by atoms with Gasteiger partial charge in [-0.3, -0.25) is 0 Å². The number of urea groups is 1. The fourth-order valence-corrected chi connectivity index (χ4v) is 2.70. The molecule has 0 radical (unpaired) electrons. The van der Waals surface area contributed by atoms with Crippen LogP contribution in [0.1, 0.15) is 17.8 Å². The molecular formula is C14H13ClF2N2O2S. The van der Waals surface area contributed by atoms with Crippen LogP contribution in [0.2, 0.25) is 5.02 Å². The third-order valence-corrected chi connectivity index (χ3v) is 4.07. The Kier molecular flexibility index (Phi) is 5.57. The van der Waals surface area contributed by atoms with Gasteiger partial charge in [0.1, 0.15) is 5.75 Å². The fourth-order valence-electron chi connectivity index (χ4n) is 1.74. The van der Waals surface area contributed by atoms with E-state index < -0.39 is 12.6 Å². The quantitative estimate of drug-likeness (QED) is 0.810. The number of carbonyl (C=O) groups excluding carboxylic acids is 1. The number of carbonyl (C=O) groups is 1. The number of nitrogens with one attached hydrogen (secondary N) is 2. The molecule has 0 spiro atoms. The van der Waals surface area contributed by atoms with Gasteiger partial charge >= 0.3 is 12.6 Å². The highest BCUT2D eigenvalue weighted by Gasteiger charge is 2.12. The summed E-state index contributed by atoms with van der Waals surface area (Å²) < 4.78 is 28.5. The second kappa shape index (κ2) is 7.42. The van der Waals surface area contributed by atoms with E-state index in [1.807, 2.05) is 24.4 Å². The van der Waals surface area contributed by atoms with E-state index in [0.717, 1.165) is 4.88 Å². The molecule has 0 saturated heterocycles. The minimum absolute atomic E-state index is 0.00981. The van der Waals surface area contributed by atoms with E-state index in [4.69, 9.17) is 11.6 Å². The largest absolute Gasteiger partial charge is 0.433 e. The van der Waals surface area contributed by atoms with Gasteiger partial charge in [0.15, 0.2) is 0 Å². The fraction of sp³-hybridized carbons (Fsp3) is 0.214. The first-order valence-corrected chi connectivity index (χ1v) is 7.56. The van der Waals surface area contributed by atoms with Gasteiger partial charge in [0.05, 0.1) is 11.1 Å². The highest BCUT2D eigenvalue weighted by Crippen LogP contribution is 2.29. The average molecular weight is 347 g/mol. The lowest BCUT2D eigenvalue weighted by Crippen LogP contribution is -2.30. The van der Waals surface area contributed by atoms with Crippen molar-refractivity contribution < 1.29 is 18.3 Å². The Morgan fingerprint density at radius 1 is 1.36 bits per heavy atom. The molecule has 0 aliphatic rings. The van der Waals surface area contributed by atoms with Crippen molar-refractivity contribution in [2.45, 2.75) is 19.6 Å². The van der Waals surface area contributed by atoms with Crippen LogP contribution < -0.4 is 15.4 Å². The number of thiophene rings is 1. The van der Waals surface area contributed by atoms with Gasteiger partial charge in [-0.25, -0.2) is 4.79 Å². The number of amides is 2. The first-order chi connectivity index (χ1) is 10.5. The third kappa shape index (κ3) is 4.57. The Bertz CT molecular complexity index is 638. The molecule has 4 nitrogen and oxygen atoms in total. The maximum atomic E-state index is 12.1. The van der Waals surface area contributed by atoms with Crippen molar-refractivity contribution in [1.29, 1.82) is 0 Å². The summed E-state index contributed by atoms with van der Waals surface area (Å²) in [4.78, 5) is 12.9. The van der Waals surface area contributed by atoms with Crippen LogP contribution in [0.25, 0.3) is 0 Å². The van der Waals surface area contributed by atoms with Crippen LogP contribution in [-0.4, -0.2) is 12.6 Å². The zero-order valence-electron chi connectivity index (χ0n) is 11.5. The third-order valence-electron chi connectivity index (χ3n) is 2.72. The lowest BCUT2D eigenvalue weighted by atomic mass is 10.3. The number of alkyl halides is 2. The van der Waals surface area contributed by atoms with Crippen molar-refractivity contribution in [3.05, 3.63) is 45.6 Å². The van der Waals surface area contributed by atoms with Crippen molar-refractivity contribution in [3.8, 4) is 5.75 Å². The van der Waals surface area contributed by atoms with Crippen LogP contribution in [0.15, 0.2) is 35.7 Å². The number of rotatable bonds is 5. The van der Waals surface area contributed by atoms with Gasteiger partial charge < -0.3 is 15.4 Å². The minimum Gasteiger partial charge on any atom is -0.433 e. The molecule has 1 aromatic heterocycles. The van der Waals surface area contributed by atoms with Crippen molar-refractivity contribution in [2.24, 2.45) is 0 Å². The number of anilines is 1. The molecule has 0 fully saturated rings. The number of hydrogen-bond donors (Lipinski definition) is 2. The van der Waals surface area contributed by atoms with Crippen molar-refractivity contribution in [1.82, 2.24) is 5.32 Å². The molecule has 0 aliphatic heterocycles. The lowest BCUT2D eigenvalue weighted by Gasteiger charge is -2.14. The van der Waals surface area contributed by atoms with Gasteiger partial charge in [-0.1, -0.05) is 17.7 Å². The molecule has 22 heavy (non-hydrogen) atoms. The molecule has 0 unspecified atom stereocenters. The number of ether oxygens (including phenoxy) is 1. The van der Waals surface area contributed by atoms with Crippen LogP contribution in [0, 0.1) is 0 Å². The lowest BCUT2D eigenvalue weighted by molar-refractivity contribution is -0.0497. The summed E-state index contributed by atoms with van der Waals surface area (Å²) in [5, 5.41) is 7.26. The summed E-state index contributed by atoms with van der Waals surface area (Å²) in [6, 6.07) is 7.30. The highest BCUT2D eigenvalue weighted by molar-refractivity contribution is 7.10. The van der Waals surface area contributed by atoms with Crippen molar-refractivity contribution in [3.63, 3.8) is 0 Å². The van der Waals surface area contributed by atoms with Crippen LogP contribution >= 0.6 is 22.9 Å². The molecule has 118 valence electrons. The summed E-state index contributed by atoms with van der Waals surface area (Å²) in [6.07, 6.45) is 0. The monoisotopic (exact) mass is 346 g/mol. The van der Waals surface area contributed by atoms with E-state index >= 15 is 0 Å². The number of hydrogen-bond acceptors (Lipinski definition) is 3. The van der Waals surface area contributed by atoms with E-state index in [0.29, 0.717) is 5.69 Å². The Morgan fingerprint density at radius 2 is 2.14 bits per heavy atom. The molecule has 2 N–H and O–H groups in total. The van der Waals surface area contributed by atoms with Gasteiger partial charge in [-0.15, -0.1) is 11.3 Å². The van der Waals surface area contributed by atoms with Crippen LogP contribution in [0.3, 0.4) is 0 Å². The minimum atomic E-state index is -2.95. The molecule has 0 bridgehead atoms. The molecule has 0 saturated carbocycles. The molecule has 1 heterocycles. The second-order valence-electron chi connectivity index (χ2n) is 4.36. The van der Waals surface area contributed by atoms with Gasteiger partial charge in [0.25, 0.3) is 0 Å². The molecule has 8 heteroatoms. The van der Waals surface area contributed by atoms with E-state index in [1.165, 1.54) is 29.5 Å². The molecule has 0 aliphatic carbocycles. The first kappa shape index (κ1) is 16.5. The predicted octanol–water partition coefficient (Wildman–Crippen LogP) is 4.89. The van der Waals surface area contributed by atoms with Crippen LogP contribution in [0.4, 0.5) is 19.3 Å². The zero-order chi connectivity index (χ0) is 16.1. The Labute approximate surface area is 135 Å². The Balaban J connectivity index is 1.95. The number of benzene rings is 1. The van der Waals surface area contributed by atoms with Gasteiger partial charge in [-0.2, -0.15) is 8.78 Å². The summed E-state index contributed by atoms with van der Waals surface area (Å²) in [7, 11) is 0. The van der Waals surface area contributed by atoms with E-state index in [9.17, 15) is 13.6 Å². The molecule has 1 atom stereocenters. The topological polar surface area (TPSA) is 50.4 Å². The molecular weight excluding hydrogens is 334 g/mol. The van der Waals surface area contributed by atoms with E-state index in [1.54, 1.807) is 0 Å². The Hall–Kier alpha value is -1.86. The molecule has 2 rings (SSSR count). The van der Waals surface area contributed by atoms with Crippen molar-refractivity contribution in [2.75, 3.05) is 5.32 Å². The van der Waals surface area contributed by atoms with Gasteiger partial charge in [0.2, 0.25) is 0 Å². The summed E-state index contributed by atoms with van der Waals surface area (Å²) in [5.74, 6) is -0.144. The molecule has 2 amide bonds. The Morgan fingerprint density at radius 3 is 2.73 bits per heavy atom. The summed E-state index contributed by atoms with van der Waals surface area (Å²) in [6.45, 7) is -1.09. The standard InChI is InChI=1S/C14H13ClF2N2O2S/c1-8(12-3-2-6-22-12)18-14(20)19-9-4-5-11(10(15)7-9)21-13(16)17/h2-8,13H,1H3,(H2,18,19,20)/t8-/m0/s1. The summed E-state index contributed by atoms with van der Waals surface area (Å²) >= 11 is 7.35. The summed E-state index contributed by atoms with van der Waals surface area (Å²) in [5.41, 5.74) is 0.377. The predicted molar refractivity (Wildman–Crippen MR) is 83.0 cm³/mol. The SMILES string of the molecule is C[C@H](NC(=O)Nc1ccc(OC(F)F)c(Cl)c1)c1cccs1. The molecule has 1 aromatic carbocycles. The van der Waals surface area contributed by atoms with Gasteiger partial charge in [0, 0.05) is 10.6 Å². The van der Waals surface area contributed by atoms with Crippen LogP contribution in [0.5, 0.6) is 5.75 Å². The average Bonchev–Trinajstić information content (AvgIpc) is 2.95. The smallest absolute Gasteiger partial charge is 0.387 e. The van der Waals surface area contributed by atoms with Crippen LogP contribution in [-0.2, 0) is 0 Å². The van der Waals surface area contributed by atoms with Gasteiger partial charge in [-0.05, 0) is 36.6 Å². The maximum absolute atomic E-state index is 12.1. The zero-order valence-corrected chi connectivity index (χ0v) is 13.0. The normalized spacial score (nSPS) is 12.0. The van der Waals surface area contributed by atoms with Crippen molar-refractivity contribution >= 4 is 34.7 Å². The first-order valence-electron chi connectivity index (χ1n) is 6.31. The highest BCUT2D eigenvalue weighted by atomic mass is 35.5. The number of halogens is 3. The maximum Gasteiger partial charge on any atom is 0.387 e. The second-order valence-corrected chi connectivity index (χ2v) is 5.75. The van der Waals surface area contributed by atoms with E-state index in [-0.39, 0.29) is 16.8 Å². The van der Waals surface area contributed by atoms with E-state index in [2.05, 4.69) is 15.4 Å². The molecule has 2 aromatic rings.